The Morgan fingerprint density at radius 1 is 1.03 bits per heavy atom. The van der Waals surface area contributed by atoms with E-state index >= 15 is 0 Å². The second-order valence-corrected chi connectivity index (χ2v) is 7.64. The molecule has 0 aliphatic rings. The van der Waals surface area contributed by atoms with Gasteiger partial charge in [-0.2, -0.15) is 0 Å². The maximum Gasteiger partial charge on any atom is 0.304 e. The molecule has 9 heteroatoms. The maximum absolute atomic E-state index is 12.3. The summed E-state index contributed by atoms with van der Waals surface area (Å²) in [5.74, 6) is -0.297. The number of carbonyl (C=O) groups is 2. The van der Waals surface area contributed by atoms with Gasteiger partial charge in [-0.3, -0.25) is 9.59 Å². The van der Waals surface area contributed by atoms with Crippen LogP contribution in [0, 0.1) is 0 Å². The number of methoxy groups -OCH3 is 2. The number of carbonyl (C=O) groups excluding carboxylic acids is 1. The molecular weight excluding hydrogens is 398 g/mol. The Labute approximate surface area is 168 Å². The number of carboxylic acids is 1. The Morgan fingerprint density at radius 2 is 1.69 bits per heavy atom. The molecular formula is C20H21NO7S. The highest BCUT2D eigenvalue weighted by Gasteiger charge is 2.14. The largest absolute Gasteiger partial charge is 0.493 e. The SMILES string of the molecule is COc1ccc(/C=C/C(=O)c2ccc(S(=O)(=O)NCCC(=O)O)cc2)cc1OC. The normalized spacial score (nSPS) is 11.4. The third-order valence-electron chi connectivity index (χ3n) is 3.91. The van der Waals surface area contributed by atoms with Crippen molar-refractivity contribution in [2.45, 2.75) is 11.3 Å². The standard InChI is InChI=1S/C20H21NO7S/c1-27-18-10-4-14(13-19(18)28-2)3-9-17(22)15-5-7-16(8-6-15)29(25,26)21-12-11-20(23)24/h3-10,13,21H,11-12H2,1-2H3,(H,23,24)/b9-3+. The average Bonchev–Trinajstić information content (AvgIpc) is 2.71. The van der Waals surface area contributed by atoms with Crippen LogP contribution in [-0.4, -0.2) is 46.0 Å². The van der Waals surface area contributed by atoms with Crippen molar-refractivity contribution in [2.75, 3.05) is 20.8 Å². The Balaban J connectivity index is 2.08. The van der Waals surface area contributed by atoms with E-state index in [1.807, 2.05) is 0 Å². The lowest BCUT2D eigenvalue weighted by atomic mass is 10.1. The number of aliphatic carboxylic acids is 1. The first-order valence-electron chi connectivity index (χ1n) is 8.53. The van der Waals surface area contributed by atoms with Gasteiger partial charge in [0.25, 0.3) is 0 Å². The van der Waals surface area contributed by atoms with Gasteiger partial charge in [-0.25, -0.2) is 13.1 Å². The molecule has 0 saturated carbocycles. The van der Waals surface area contributed by atoms with Crippen molar-refractivity contribution in [1.29, 1.82) is 0 Å². The molecule has 2 N–H and O–H groups in total. The van der Waals surface area contributed by atoms with E-state index < -0.39 is 16.0 Å². The van der Waals surface area contributed by atoms with E-state index in [0.29, 0.717) is 17.1 Å². The second kappa shape index (κ2) is 9.85. The molecule has 0 heterocycles. The minimum Gasteiger partial charge on any atom is -0.493 e. The van der Waals surface area contributed by atoms with Crippen LogP contribution in [-0.2, 0) is 14.8 Å². The minimum absolute atomic E-state index is 0.0525. The summed E-state index contributed by atoms with van der Waals surface area (Å²) in [7, 11) is -0.790. The van der Waals surface area contributed by atoms with Gasteiger partial charge in [-0.1, -0.05) is 12.1 Å². The zero-order chi connectivity index (χ0) is 21.4. The first kappa shape index (κ1) is 22.1. The van der Waals surface area contributed by atoms with Crippen LogP contribution in [0.15, 0.2) is 53.4 Å². The summed E-state index contributed by atoms with van der Waals surface area (Å²) in [4.78, 5) is 22.8. The first-order valence-corrected chi connectivity index (χ1v) is 10.0. The molecule has 0 unspecified atom stereocenters. The number of ether oxygens (including phenoxy) is 2. The number of nitrogens with one attached hydrogen (secondary N) is 1. The summed E-state index contributed by atoms with van der Waals surface area (Å²) in [6, 6.07) is 10.6. The molecule has 0 atom stereocenters. The Kier molecular flexibility index (Phi) is 7.52. The molecule has 8 nitrogen and oxygen atoms in total. The average molecular weight is 419 g/mol. The highest BCUT2D eigenvalue weighted by Crippen LogP contribution is 2.28. The summed E-state index contributed by atoms with van der Waals surface area (Å²) in [6.45, 7) is -0.216. The molecule has 154 valence electrons. The van der Waals surface area contributed by atoms with Gasteiger partial charge in [0.05, 0.1) is 25.5 Å². The van der Waals surface area contributed by atoms with Crippen LogP contribution >= 0.6 is 0 Å². The smallest absolute Gasteiger partial charge is 0.304 e. The summed E-state index contributed by atoms with van der Waals surface area (Å²) < 4.78 is 36.8. The van der Waals surface area contributed by atoms with Crippen LogP contribution in [0.25, 0.3) is 6.08 Å². The first-order chi connectivity index (χ1) is 13.8. The molecule has 2 rings (SSSR count). The van der Waals surface area contributed by atoms with Crippen molar-refractivity contribution in [1.82, 2.24) is 4.72 Å². The molecule has 29 heavy (non-hydrogen) atoms. The zero-order valence-corrected chi connectivity index (χ0v) is 16.7. The van der Waals surface area contributed by atoms with Crippen molar-refractivity contribution in [3.63, 3.8) is 0 Å². The van der Waals surface area contributed by atoms with E-state index in [1.165, 1.54) is 44.6 Å². The number of allylic oxidation sites excluding steroid dienone is 1. The number of hydrogen-bond donors (Lipinski definition) is 2. The minimum atomic E-state index is -3.84. The molecule has 0 aliphatic heterocycles. The van der Waals surface area contributed by atoms with E-state index in [4.69, 9.17) is 14.6 Å². The maximum atomic E-state index is 12.3. The van der Waals surface area contributed by atoms with Crippen molar-refractivity contribution >= 4 is 27.9 Å². The predicted octanol–water partition coefficient (Wildman–Crippen LogP) is 2.35. The lowest BCUT2D eigenvalue weighted by Crippen LogP contribution is -2.26. The molecule has 0 aliphatic carbocycles. The molecule has 0 spiro atoms. The predicted molar refractivity (Wildman–Crippen MR) is 107 cm³/mol. The van der Waals surface area contributed by atoms with Gasteiger partial charge in [-0.05, 0) is 48.0 Å². The topological polar surface area (TPSA) is 119 Å². The number of rotatable bonds is 10. The van der Waals surface area contributed by atoms with Gasteiger partial charge in [-0.15, -0.1) is 0 Å². The molecule has 0 saturated heterocycles. The molecule has 2 aromatic rings. The fourth-order valence-corrected chi connectivity index (χ4v) is 3.43. The molecule has 0 amide bonds. The van der Waals surface area contributed by atoms with Gasteiger partial charge in [0, 0.05) is 12.1 Å². The Hall–Kier alpha value is -3.17. The lowest BCUT2D eigenvalue weighted by Gasteiger charge is -2.07. The van der Waals surface area contributed by atoms with Crippen molar-refractivity contribution < 1.29 is 32.6 Å². The van der Waals surface area contributed by atoms with Crippen LogP contribution in [0.5, 0.6) is 11.5 Å². The quantitative estimate of drug-likeness (QED) is 0.448. The van der Waals surface area contributed by atoms with Crippen LogP contribution in [0.4, 0.5) is 0 Å². The van der Waals surface area contributed by atoms with Gasteiger partial charge in [0.1, 0.15) is 0 Å². The molecule has 0 fully saturated rings. The van der Waals surface area contributed by atoms with E-state index in [9.17, 15) is 18.0 Å². The van der Waals surface area contributed by atoms with E-state index in [2.05, 4.69) is 4.72 Å². The number of carboxylic acid groups (broad SMARTS) is 1. The van der Waals surface area contributed by atoms with Crippen LogP contribution in [0.2, 0.25) is 0 Å². The van der Waals surface area contributed by atoms with Crippen molar-refractivity contribution in [2.24, 2.45) is 0 Å². The number of hydrogen-bond acceptors (Lipinski definition) is 6. The highest BCUT2D eigenvalue weighted by atomic mass is 32.2. The van der Waals surface area contributed by atoms with Gasteiger partial charge in [0.15, 0.2) is 17.3 Å². The highest BCUT2D eigenvalue weighted by molar-refractivity contribution is 7.89. The van der Waals surface area contributed by atoms with E-state index in [1.54, 1.807) is 24.3 Å². The molecule has 2 aromatic carbocycles. The Bertz CT molecular complexity index is 1010. The number of ketones is 1. The van der Waals surface area contributed by atoms with Crippen LogP contribution in [0.1, 0.15) is 22.3 Å². The van der Waals surface area contributed by atoms with Gasteiger partial charge in [0.2, 0.25) is 10.0 Å². The second-order valence-electron chi connectivity index (χ2n) is 5.88. The van der Waals surface area contributed by atoms with Gasteiger partial charge < -0.3 is 14.6 Å². The molecule has 0 bridgehead atoms. The third-order valence-corrected chi connectivity index (χ3v) is 5.39. The molecule has 0 aromatic heterocycles. The summed E-state index contributed by atoms with van der Waals surface area (Å²) in [5, 5.41) is 8.57. The Morgan fingerprint density at radius 3 is 2.28 bits per heavy atom. The van der Waals surface area contributed by atoms with Crippen LogP contribution in [0.3, 0.4) is 0 Å². The van der Waals surface area contributed by atoms with Crippen LogP contribution < -0.4 is 14.2 Å². The summed E-state index contributed by atoms with van der Waals surface area (Å²) in [5.41, 5.74) is 1.05. The van der Waals surface area contributed by atoms with Crippen molar-refractivity contribution in [3.8, 4) is 11.5 Å². The van der Waals surface area contributed by atoms with E-state index in [0.717, 1.165) is 5.56 Å². The molecule has 0 radical (unpaired) electrons. The third kappa shape index (κ3) is 6.16. The van der Waals surface area contributed by atoms with Crippen molar-refractivity contribution in [3.05, 3.63) is 59.7 Å². The van der Waals surface area contributed by atoms with E-state index in [-0.39, 0.29) is 23.6 Å². The zero-order valence-electron chi connectivity index (χ0n) is 15.9. The number of sulfonamides is 1. The van der Waals surface area contributed by atoms with Gasteiger partial charge >= 0.3 is 5.97 Å². The summed E-state index contributed by atoms with van der Waals surface area (Å²) in [6.07, 6.45) is 2.66. The fraction of sp³-hybridized carbons (Fsp3) is 0.200. The number of benzene rings is 2. The fourth-order valence-electron chi connectivity index (χ4n) is 2.40. The summed E-state index contributed by atoms with van der Waals surface area (Å²) >= 11 is 0. The monoisotopic (exact) mass is 419 g/mol. The lowest BCUT2D eigenvalue weighted by molar-refractivity contribution is -0.136.